The van der Waals surface area contributed by atoms with E-state index in [-0.39, 0.29) is 25.7 Å². The van der Waals surface area contributed by atoms with Crippen molar-refractivity contribution in [3.8, 4) is 0 Å². The molecule has 0 spiro atoms. The van der Waals surface area contributed by atoms with Crippen LogP contribution >= 0.6 is 0 Å². The van der Waals surface area contributed by atoms with E-state index in [4.69, 9.17) is 8.85 Å². The Bertz CT molecular complexity index is 409. The summed E-state index contributed by atoms with van der Waals surface area (Å²) >= 11 is 0. The van der Waals surface area contributed by atoms with Crippen molar-refractivity contribution < 1.29 is 35.2 Å². The van der Waals surface area contributed by atoms with Gasteiger partial charge in [-0.3, -0.25) is 0 Å². The molecule has 0 aromatic carbocycles. The zero-order valence-corrected chi connectivity index (χ0v) is 15.7. The molecular weight excluding hydrogens is 366 g/mol. The monoisotopic (exact) mass is 392 g/mol. The molecule has 9 heteroatoms. The highest BCUT2D eigenvalue weighted by atomic mass is 28.4. The van der Waals surface area contributed by atoms with Crippen LogP contribution in [0.15, 0.2) is 0 Å². The fraction of sp³-hybridized carbons (Fsp3) is 1.00. The van der Waals surface area contributed by atoms with Crippen molar-refractivity contribution >= 4 is 8.56 Å². The first-order valence-corrected chi connectivity index (χ1v) is 10.7. The summed E-state index contributed by atoms with van der Waals surface area (Å²) in [6, 6.07) is 0. The fourth-order valence-corrected chi connectivity index (χ4v) is 6.53. The smallest absolute Gasteiger partial charge is 0.377 e. The average Bonchev–Trinajstić information content (AvgIpc) is 2.45. The van der Waals surface area contributed by atoms with Crippen LogP contribution in [0.3, 0.4) is 0 Å². The minimum atomic E-state index is -6.52. The Morgan fingerprint density at radius 1 is 0.600 bits per heavy atom. The molecule has 0 aromatic rings. The van der Waals surface area contributed by atoms with Gasteiger partial charge in [0.2, 0.25) is 0 Å². The van der Waals surface area contributed by atoms with Crippen LogP contribution in [0.1, 0.15) is 78.1 Å². The summed E-state index contributed by atoms with van der Waals surface area (Å²) in [7, 11) is -6.52. The average molecular weight is 392 g/mol. The van der Waals surface area contributed by atoms with Gasteiger partial charge in [-0.25, -0.2) is 0 Å². The van der Waals surface area contributed by atoms with E-state index in [1.165, 1.54) is 13.8 Å². The minimum absolute atomic E-state index is 0.188. The third-order valence-electron chi connectivity index (χ3n) is 5.35. The van der Waals surface area contributed by atoms with Crippen molar-refractivity contribution in [3.63, 3.8) is 0 Å². The molecule has 0 bridgehead atoms. The molecule has 0 N–H and O–H groups in total. The third-order valence-corrected chi connectivity index (χ3v) is 8.40. The lowest BCUT2D eigenvalue weighted by Crippen LogP contribution is -2.72. The highest BCUT2D eigenvalue weighted by molar-refractivity contribution is 6.71. The third kappa shape index (κ3) is 4.53. The Morgan fingerprint density at radius 3 is 1.12 bits per heavy atom. The maximum absolute atomic E-state index is 13.8. The molecule has 2 aliphatic rings. The molecule has 0 saturated heterocycles. The highest BCUT2D eigenvalue weighted by Gasteiger charge is 2.82. The van der Waals surface area contributed by atoms with Crippen molar-refractivity contribution in [1.82, 2.24) is 0 Å². The van der Waals surface area contributed by atoms with Gasteiger partial charge in [0.15, 0.2) is 0 Å². The molecule has 0 unspecified atom stereocenters. The number of alkyl halides is 6. The van der Waals surface area contributed by atoms with E-state index in [9.17, 15) is 26.3 Å². The van der Waals surface area contributed by atoms with Crippen LogP contribution in [0.25, 0.3) is 0 Å². The summed E-state index contributed by atoms with van der Waals surface area (Å²) in [4.78, 5) is 0. The van der Waals surface area contributed by atoms with Crippen molar-refractivity contribution in [2.75, 3.05) is 0 Å². The lowest BCUT2D eigenvalue weighted by atomic mass is 9.87. The topological polar surface area (TPSA) is 18.5 Å². The summed E-state index contributed by atoms with van der Waals surface area (Å²) in [5, 5.41) is 0. The Hall–Kier alpha value is -0.283. The Labute approximate surface area is 145 Å². The first kappa shape index (κ1) is 21.0. The largest absolute Gasteiger partial charge is 0.574 e. The van der Waals surface area contributed by atoms with Crippen LogP contribution in [0.2, 0.25) is 0 Å². The Kier molecular flexibility index (Phi) is 5.91. The van der Waals surface area contributed by atoms with E-state index in [1.807, 2.05) is 0 Å². The molecule has 2 fully saturated rings. The summed E-state index contributed by atoms with van der Waals surface area (Å²) in [5.41, 5.74) is -2.89. The second kappa shape index (κ2) is 7.03. The van der Waals surface area contributed by atoms with E-state index < -0.39 is 31.4 Å². The lowest BCUT2D eigenvalue weighted by Gasteiger charge is -2.47. The summed E-state index contributed by atoms with van der Waals surface area (Å²) in [6.45, 7) is 2.72. The zero-order chi connectivity index (χ0) is 19.0. The molecule has 2 rings (SSSR count). The molecule has 0 amide bonds. The van der Waals surface area contributed by atoms with E-state index in [2.05, 4.69) is 0 Å². The molecule has 0 aliphatic heterocycles. The molecule has 25 heavy (non-hydrogen) atoms. The van der Waals surface area contributed by atoms with Gasteiger partial charge in [0.1, 0.15) is 0 Å². The number of hydrogen-bond donors (Lipinski definition) is 0. The molecule has 0 aromatic heterocycles. The fourth-order valence-electron chi connectivity index (χ4n) is 3.91. The Balaban J connectivity index is 2.41. The molecule has 0 heterocycles. The first-order chi connectivity index (χ1) is 11.3. The van der Waals surface area contributed by atoms with Crippen LogP contribution < -0.4 is 0 Å². The van der Waals surface area contributed by atoms with Crippen molar-refractivity contribution in [3.05, 3.63) is 0 Å². The van der Waals surface area contributed by atoms with Gasteiger partial charge in [-0.1, -0.05) is 38.5 Å². The second-order valence-corrected chi connectivity index (χ2v) is 10.6. The molecule has 0 atom stereocenters. The molecule has 2 nitrogen and oxygen atoms in total. The van der Waals surface area contributed by atoms with Crippen LogP contribution in [0.4, 0.5) is 26.3 Å². The lowest BCUT2D eigenvalue weighted by molar-refractivity contribution is -0.205. The van der Waals surface area contributed by atoms with Crippen LogP contribution in [0.5, 0.6) is 0 Å². The van der Waals surface area contributed by atoms with Crippen molar-refractivity contribution in [2.24, 2.45) is 0 Å². The molecule has 148 valence electrons. The quantitative estimate of drug-likeness (QED) is 0.424. The van der Waals surface area contributed by atoms with Crippen LogP contribution in [-0.2, 0) is 8.85 Å². The predicted molar refractivity (Wildman–Crippen MR) is 83.0 cm³/mol. The maximum Gasteiger partial charge on any atom is 0.574 e. The van der Waals surface area contributed by atoms with Crippen molar-refractivity contribution in [2.45, 2.75) is 101 Å². The molecule has 2 saturated carbocycles. The Morgan fingerprint density at radius 2 is 0.880 bits per heavy atom. The van der Waals surface area contributed by atoms with Gasteiger partial charge in [-0.15, -0.1) is 0 Å². The van der Waals surface area contributed by atoms with E-state index in [1.54, 1.807) is 0 Å². The normalized spacial score (nSPS) is 25.0. The standard InChI is InChI=1S/C16H26F6O2Si/c1-13(9-5-3-6-10-13)23-25(15(17,18)19,16(20,21)22)24-14(2)11-7-4-8-12-14/h3-12H2,1-2H3. The second-order valence-electron chi connectivity index (χ2n) is 7.84. The van der Waals surface area contributed by atoms with Gasteiger partial charge in [-0.2, -0.15) is 26.3 Å². The van der Waals surface area contributed by atoms with Gasteiger partial charge >= 0.3 is 20.2 Å². The van der Waals surface area contributed by atoms with E-state index in [0.29, 0.717) is 25.7 Å². The first-order valence-electron chi connectivity index (χ1n) is 8.86. The van der Waals surface area contributed by atoms with Crippen molar-refractivity contribution in [1.29, 1.82) is 0 Å². The predicted octanol–water partition coefficient (Wildman–Crippen LogP) is 6.11. The van der Waals surface area contributed by atoms with Crippen LogP contribution in [-0.4, -0.2) is 31.4 Å². The van der Waals surface area contributed by atoms with Gasteiger partial charge in [-0.05, 0) is 39.5 Å². The highest BCUT2D eigenvalue weighted by Crippen LogP contribution is 2.50. The number of hydrogen-bond acceptors (Lipinski definition) is 2. The van der Waals surface area contributed by atoms with Gasteiger partial charge in [0.05, 0.1) is 11.2 Å². The summed E-state index contributed by atoms with van der Waals surface area (Å²) < 4.78 is 92.9. The number of rotatable bonds is 4. The number of halogens is 6. The SMILES string of the molecule is CC1(O[Si](OC2(C)CCCCC2)(C(F)(F)F)C(F)(F)F)CCCCC1. The van der Waals surface area contributed by atoms with E-state index in [0.717, 1.165) is 12.8 Å². The van der Waals surface area contributed by atoms with E-state index >= 15 is 0 Å². The summed E-state index contributed by atoms with van der Waals surface area (Å²) in [5.74, 6) is -11.2. The maximum atomic E-state index is 13.8. The minimum Gasteiger partial charge on any atom is -0.377 e. The zero-order valence-electron chi connectivity index (χ0n) is 14.7. The molecule has 2 aliphatic carbocycles. The summed E-state index contributed by atoms with van der Waals surface area (Å²) in [6.07, 6.45) is 4.60. The van der Waals surface area contributed by atoms with Gasteiger partial charge in [0.25, 0.3) is 0 Å². The molecule has 0 radical (unpaired) electrons. The van der Waals surface area contributed by atoms with Crippen LogP contribution in [0, 0.1) is 0 Å². The van der Waals surface area contributed by atoms with Gasteiger partial charge in [0, 0.05) is 0 Å². The molecular formula is C16H26F6O2Si. The van der Waals surface area contributed by atoms with Gasteiger partial charge < -0.3 is 8.85 Å².